The number of halogens is 2. The van der Waals surface area contributed by atoms with Gasteiger partial charge in [0.25, 0.3) is 5.91 Å². The SMILES string of the molecule is Cc1cc(N(C)C)c2cccc(OCc3c(Cl)ccc(N(C)C(=O)CNC(=O)/C=C/c4ccc(C(=O)NCc5ccccn5)cc4)c3Cl)c2n1. The highest BCUT2D eigenvalue weighted by atomic mass is 35.5. The number of benzene rings is 3. The van der Waals surface area contributed by atoms with Crippen molar-refractivity contribution in [1.29, 1.82) is 0 Å². The lowest BCUT2D eigenvalue weighted by Crippen LogP contribution is -2.37. The normalized spacial score (nSPS) is 11.0. The Kier molecular flexibility index (Phi) is 11.7. The predicted molar refractivity (Wildman–Crippen MR) is 199 cm³/mol. The summed E-state index contributed by atoms with van der Waals surface area (Å²) in [5.41, 5.74) is 5.45. The Morgan fingerprint density at radius 2 is 1.68 bits per heavy atom. The van der Waals surface area contributed by atoms with E-state index in [1.165, 1.54) is 11.0 Å². The van der Waals surface area contributed by atoms with Crippen LogP contribution >= 0.6 is 23.2 Å². The quantitative estimate of drug-likeness (QED) is 0.140. The molecule has 0 aliphatic carbocycles. The Morgan fingerprint density at radius 1 is 0.900 bits per heavy atom. The van der Waals surface area contributed by atoms with Crippen molar-refractivity contribution < 1.29 is 19.1 Å². The molecule has 0 aliphatic heterocycles. The lowest BCUT2D eigenvalue weighted by molar-refractivity contribution is -0.122. The molecule has 0 radical (unpaired) electrons. The first-order valence-electron chi connectivity index (χ1n) is 15.7. The number of amides is 3. The molecule has 3 amide bonds. The first-order valence-corrected chi connectivity index (χ1v) is 16.5. The van der Waals surface area contributed by atoms with Crippen LogP contribution in [0.3, 0.4) is 0 Å². The number of fused-ring (bicyclic) bond motifs is 1. The predicted octanol–water partition coefficient (Wildman–Crippen LogP) is 6.61. The van der Waals surface area contributed by atoms with Gasteiger partial charge in [0.2, 0.25) is 11.8 Å². The molecule has 0 spiro atoms. The summed E-state index contributed by atoms with van der Waals surface area (Å²) in [7, 11) is 5.52. The zero-order valence-corrected chi connectivity index (χ0v) is 29.5. The molecule has 2 N–H and O–H groups in total. The van der Waals surface area contributed by atoms with E-state index in [0.717, 1.165) is 22.5 Å². The van der Waals surface area contributed by atoms with Crippen molar-refractivity contribution in [2.75, 3.05) is 37.5 Å². The summed E-state index contributed by atoms with van der Waals surface area (Å²) in [6.07, 6.45) is 4.58. The second kappa shape index (κ2) is 16.3. The third-order valence-electron chi connectivity index (χ3n) is 7.83. The summed E-state index contributed by atoms with van der Waals surface area (Å²) in [6, 6.07) is 23.3. The van der Waals surface area contributed by atoms with Crippen LogP contribution in [0.1, 0.15) is 32.9 Å². The average Bonchev–Trinajstić information content (AvgIpc) is 3.12. The molecule has 10 nitrogen and oxygen atoms in total. The average molecular weight is 712 g/mol. The second-order valence-corrected chi connectivity index (χ2v) is 12.4. The molecular weight excluding hydrogens is 675 g/mol. The first-order chi connectivity index (χ1) is 24.0. The van der Waals surface area contributed by atoms with Gasteiger partial charge in [-0.1, -0.05) is 53.5 Å². The van der Waals surface area contributed by atoms with E-state index in [4.69, 9.17) is 32.9 Å². The second-order valence-electron chi connectivity index (χ2n) is 11.6. The minimum Gasteiger partial charge on any atom is -0.487 e. The zero-order chi connectivity index (χ0) is 35.8. The summed E-state index contributed by atoms with van der Waals surface area (Å²) < 4.78 is 6.20. The van der Waals surface area contributed by atoms with Gasteiger partial charge in [-0.25, -0.2) is 4.98 Å². The van der Waals surface area contributed by atoms with E-state index < -0.39 is 11.8 Å². The highest BCUT2D eigenvalue weighted by Gasteiger charge is 2.20. The van der Waals surface area contributed by atoms with Gasteiger partial charge in [-0.05, 0) is 67.1 Å². The van der Waals surface area contributed by atoms with Gasteiger partial charge in [-0.3, -0.25) is 19.4 Å². The molecule has 0 fully saturated rings. The zero-order valence-electron chi connectivity index (χ0n) is 28.0. The third kappa shape index (κ3) is 8.76. The van der Waals surface area contributed by atoms with E-state index in [-0.39, 0.29) is 24.1 Å². The number of likely N-dealkylation sites (N-methyl/N-ethyl adjacent to an activating group) is 1. The van der Waals surface area contributed by atoms with Gasteiger partial charge in [0.05, 0.1) is 29.5 Å². The Morgan fingerprint density at radius 3 is 2.40 bits per heavy atom. The molecule has 50 heavy (non-hydrogen) atoms. The van der Waals surface area contributed by atoms with Gasteiger partial charge in [-0.15, -0.1) is 0 Å². The van der Waals surface area contributed by atoms with Crippen molar-refractivity contribution in [3.05, 3.63) is 129 Å². The Labute approximate surface area is 300 Å². The van der Waals surface area contributed by atoms with E-state index in [9.17, 15) is 14.4 Å². The molecule has 2 heterocycles. The van der Waals surface area contributed by atoms with Gasteiger partial charge in [0.1, 0.15) is 17.9 Å². The number of nitrogens with zero attached hydrogens (tertiary/aromatic N) is 4. The van der Waals surface area contributed by atoms with Crippen molar-refractivity contribution >= 4 is 69.3 Å². The molecule has 0 bridgehead atoms. The smallest absolute Gasteiger partial charge is 0.251 e. The van der Waals surface area contributed by atoms with Crippen LogP contribution in [0.2, 0.25) is 10.0 Å². The molecule has 0 saturated heterocycles. The summed E-state index contributed by atoms with van der Waals surface area (Å²) in [5.74, 6) is -0.515. The summed E-state index contributed by atoms with van der Waals surface area (Å²) in [4.78, 5) is 50.3. The van der Waals surface area contributed by atoms with Gasteiger partial charge in [0, 0.05) is 66.3 Å². The van der Waals surface area contributed by atoms with Crippen molar-refractivity contribution in [2.24, 2.45) is 0 Å². The monoisotopic (exact) mass is 710 g/mol. The van der Waals surface area contributed by atoms with E-state index in [1.54, 1.807) is 55.7 Å². The minimum absolute atomic E-state index is 0.0396. The molecule has 0 atom stereocenters. The molecule has 0 unspecified atom stereocenters. The van der Waals surface area contributed by atoms with Crippen molar-refractivity contribution in [1.82, 2.24) is 20.6 Å². The summed E-state index contributed by atoms with van der Waals surface area (Å²) in [5, 5.41) is 7.01. The number of hydrogen-bond acceptors (Lipinski definition) is 7. The fourth-order valence-electron chi connectivity index (χ4n) is 5.11. The number of rotatable bonds is 12. The van der Waals surface area contributed by atoms with Crippen LogP contribution in [0.15, 0.2) is 91.1 Å². The van der Waals surface area contributed by atoms with Crippen LogP contribution in [-0.2, 0) is 22.7 Å². The minimum atomic E-state index is -0.461. The third-order valence-corrected chi connectivity index (χ3v) is 8.61. The largest absolute Gasteiger partial charge is 0.487 e. The van der Waals surface area contributed by atoms with Gasteiger partial charge in [-0.2, -0.15) is 0 Å². The van der Waals surface area contributed by atoms with Crippen LogP contribution in [0, 0.1) is 6.92 Å². The lowest BCUT2D eigenvalue weighted by Gasteiger charge is -2.21. The number of hydrogen-bond donors (Lipinski definition) is 2. The van der Waals surface area contributed by atoms with Crippen molar-refractivity contribution in [2.45, 2.75) is 20.1 Å². The topological polar surface area (TPSA) is 117 Å². The van der Waals surface area contributed by atoms with E-state index in [1.807, 2.05) is 68.4 Å². The first kappa shape index (κ1) is 35.8. The fraction of sp³-hybridized carbons (Fsp3) is 0.184. The molecule has 2 aromatic heterocycles. The van der Waals surface area contributed by atoms with Crippen molar-refractivity contribution in [3.63, 3.8) is 0 Å². The van der Waals surface area contributed by atoms with Gasteiger partial charge in [0.15, 0.2) is 0 Å². The Hall–Kier alpha value is -5.45. The Bertz CT molecular complexity index is 2050. The van der Waals surface area contributed by atoms with Gasteiger partial charge < -0.3 is 25.2 Å². The highest BCUT2D eigenvalue weighted by molar-refractivity contribution is 6.38. The van der Waals surface area contributed by atoms with Crippen LogP contribution < -0.4 is 25.2 Å². The number of aryl methyl sites for hydroxylation is 1. The van der Waals surface area contributed by atoms with E-state index in [0.29, 0.717) is 45.2 Å². The number of para-hydroxylation sites is 1. The maximum Gasteiger partial charge on any atom is 0.251 e. The molecule has 5 aromatic rings. The molecule has 12 heteroatoms. The molecule has 0 saturated carbocycles. The van der Waals surface area contributed by atoms with Gasteiger partial charge >= 0.3 is 0 Å². The molecule has 0 aliphatic rings. The number of pyridine rings is 2. The van der Waals surface area contributed by atoms with Crippen LogP contribution in [-0.4, -0.2) is 55.4 Å². The molecular formula is C38H36Cl2N6O4. The van der Waals surface area contributed by atoms with E-state index >= 15 is 0 Å². The standard InChI is InChI=1S/C38H36Cl2N6O4/c1-24-20-32(45(2)3)28-9-7-10-33(37(28)44-24)50-23-29-30(39)16-17-31(36(29)40)46(4)35(48)22-42-34(47)18-13-25-11-14-26(15-12-25)38(49)43-21-27-8-5-6-19-41-27/h5-20H,21-23H2,1-4H3,(H,42,47)(H,43,49)/b18-13+. The van der Waals surface area contributed by atoms with E-state index in [2.05, 4.69) is 15.6 Å². The molecule has 3 aromatic carbocycles. The molecule has 5 rings (SSSR count). The summed E-state index contributed by atoms with van der Waals surface area (Å²) in [6.45, 7) is 2.02. The van der Waals surface area contributed by atoms with Crippen LogP contribution in [0.5, 0.6) is 5.75 Å². The maximum absolute atomic E-state index is 13.1. The number of anilines is 2. The Balaban J connectivity index is 1.17. The lowest BCUT2D eigenvalue weighted by atomic mass is 10.1. The fourth-order valence-corrected chi connectivity index (χ4v) is 5.72. The van der Waals surface area contributed by atoms with Crippen molar-refractivity contribution in [3.8, 4) is 5.75 Å². The number of carbonyl (C=O) groups excluding carboxylic acids is 3. The highest BCUT2D eigenvalue weighted by Crippen LogP contribution is 2.36. The van der Waals surface area contributed by atoms with Crippen LogP contribution in [0.4, 0.5) is 11.4 Å². The summed E-state index contributed by atoms with van der Waals surface area (Å²) >= 11 is 13.3. The molecule has 256 valence electrons. The van der Waals surface area contributed by atoms with Crippen LogP contribution in [0.25, 0.3) is 17.0 Å². The number of nitrogens with one attached hydrogen (secondary N) is 2. The number of aromatic nitrogens is 2. The maximum atomic E-state index is 13.1. The number of ether oxygens (including phenoxy) is 1. The number of carbonyl (C=O) groups is 3.